The molecule has 2 aliphatic heterocycles. The number of benzene rings is 1. The van der Waals surface area contributed by atoms with Gasteiger partial charge < -0.3 is 14.4 Å². The van der Waals surface area contributed by atoms with E-state index in [-0.39, 0.29) is 5.78 Å². The van der Waals surface area contributed by atoms with Crippen molar-refractivity contribution in [3.05, 3.63) is 47.7 Å². The van der Waals surface area contributed by atoms with Crippen LogP contribution in [-0.2, 0) is 11.3 Å². The quantitative estimate of drug-likeness (QED) is 0.346. The van der Waals surface area contributed by atoms with Crippen molar-refractivity contribution < 1.29 is 14.3 Å². The van der Waals surface area contributed by atoms with Crippen molar-refractivity contribution in [1.29, 1.82) is 0 Å². The number of ether oxygens (including phenoxy) is 2. The zero-order valence-corrected chi connectivity index (χ0v) is 16.3. The molecule has 0 spiro atoms. The Bertz CT molecular complexity index is 790. The highest BCUT2D eigenvalue weighted by Gasteiger charge is 2.19. The van der Waals surface area contributed by atoms with E-state index in [0.717, 1.165) is 50.1 Å². The van der Waals surface area contributed by atoms with Gasteiger partial charge in [-0.1, -0.05) is 12.6 Å². The molecule has 6 heteroatoms. The minimum Gasteiger partial charge on any atom is -0.454 e. The summed E-state index contributed by atoms with van der Waals surface area (Å²) in [6.07, 6.45) is 1.74. The zero-order chi connectivity index (χ0) is 19.4. The van der Waals surface area contributed by atoms with Gasteiger partial charge in [0.1, 0.15) is 5.84 Å². The van der Waals surface area contributed by atoms with Gasteiger partial charge in [-0.3, -0.25) is 9.69 Å². The van der Waals surface area contributed by atoms with Gasteiger partial charge in [-0.05, 0) is 50.1 Å². The molecule has 0 N–H and O–H groups in total. The van der Waals surface area contributed by atoms with Crippen LogP contribution in [0, 0.1) is 0 Å². The van der Waals surface area contributed by atoms with Gasteiger partial charge >= 0.3 is 0 Å². The fourth-order valence-electron chi connectivity index (χ4n) is 3.19. The molecule has 0 bridgehead atoms. The van der Waals surface area contributed by atoms with Crippen molar-refractivity contribution in [1.82, 2.24) is 9.80 Å². The first kappa shape index (κ1) is 19.2. The Balaban J connectivity index is 1.52. The number of rotatable bonds is 5. The number of piperazine rings is 1. The maximum absolute atomic E-state index is 11.3. The lowest BCUT2D eigenvalue weighted by atomic mass is 10.1. The van der Waals surface area contributed by atoms with Gasteiger partial charge in [0.25, 0.3) is 0 Å². The number of hydrogen-bond acceptors (Lipinski definition) is 5. The fraction of sp³-hybridized carbons (Fsp3) is 0.429. The third-order valence-electron chi connectivity index (χ3n) is 4.92. The minimum absolute atomic E-state index is 0.0427. The van der Waals surface area contributed by atoms with Crippen LogP contribution >= 0.6 is 0 Å². The normalized spacial score (nSPS) is 18.0. The van der Waals surface area contributed by atoms with E-state index >= 15 is 0 Å². The molecule has 1 aromatic carbocycles. The Kier molecular flexibility index (Phi) is 5.96. The number of amidine groups is 1. The van der Waals surface area contributed by atoms with E-state index in [2.05, 4.69) is 33.5 Å². The van der Waals surface area contributed by atoms with Gasteiger partial charge in [-0.15, -0.1) is 0 Å². The summed E-state index contributed by atoms with van der Waals surface area (Å²) in [4.78, 5) is 20.6. The molecule has 0 unspecified atom stereocenters. The van der Waals surface area contributed by atoms with Gasteiger partial charge in [0.05, 0.1) is 5.70 Å². The molecule has 0 atom stereocenters. The van der Waals surface area contributed by atoms with Crippen LogP contribution < -0.4 is 9.47 Å². The fourth-order valence-corrected chi connectivity index (χ4v) is 3.19. The molecular weight excluding hydrogens is 342 g/mol. The molecule has 2 heterocycles. The number of carbonyl (C=O) groups is 1. The molecule has 2 aliphatic rings. The molecule has 1 fully saturated rings. The molecule has 0 saturated carbocycles. The number of Topliss-reactive ketones (excluding diaryl/α,β-unsaturated/α-hetero) is 1. The summed E-state index contributed by atoms with van der Waals surface area (Å²) in [5.74, 6) is 2.64. The standard InChI is InChI=1S/C21H27N3O3/c1-15(17(3)25)11-16(2)22-18(4)24-9-7-23(8-10-24)13-19-5-6-20-21(12-19)27-14-26-20/h5-6,11-12H,2,7-10,13-14H2,1,3-4H3/b15-11+,22-18?. The summed E-state index contributed by atoms with van der Waals surface area (Å²) < 4.78 is 10.8. The molecular formula is C21H27N3O3. The molecule has 27 heavy (non-hydrogen) atoms. The summed E-state index contributed by atoms with van der Waals surface area (Å²) in [5.41, 5.74) is 2.52. The highest BCUT2D eigenvalue weighted by molar-refractivity contribution is 5.93. The molecule has 0 amide bonds. The highest BCUT2D eigenvalue weighted by atomic mass is 16.7. The predicted octanol–water partition coefficient (Wildman–Crippen LogP) is 3.00. The summed E-state index contributed by atoms with van der Waals surface area (Å²) in [7, 11) is 0. The third kappa shape index (κ3) is 4.98. The number of ketones is 1. The second-order valence-electron chi connectivity index (χ2n) is 6.98. The lowest BCUT2D eigenvalue weighted by molar-refractivity contribution is -0.113. The van der Waals surface area contributed by atoms with E-state index in [1.807, 2.05) is 13.0 Å². The van der Waals surface area contributed by atoms with Crippen molar-refractivity contribution in [2.45, 2.75) is 27.3 Å². The lowest BCUT2D eigenvalue weighted by Gasteiger charge is -2.35. The van der Waals surface area contributed by atoms with Crippen LogP contribution in [0.5, 0.6) is 11.5 Å². The summed E-state index contributed by atoms with van der Waals surface area (Å²) in [6, 6.07) is 6.14. The Hall–Kier alpha value is -2.60. The van der Waals surface area contributed by atoms with Crippen LogP contribution in [0.15, 0.2) is 47.1 Å². The second kappa shape index (κ2) is 8.39. The number of allylic oxidation sites excluding steroid dienone is 2. The first-order valence-corrected chi connectivity index (χ1v) is 9.21. The smallest absolute Gasteiger partial charge is 0.231 e. The van der Waals surface area contributed by atoms with Gasteiger partial charge in [-0.25, -0.2) is 4.99 Å². The largest absolute Gasteiger partial charge is 0.454 e. The molecule has 1 saturated heterocycles. The van der Waals surface area contributed by atoms with Crippen molar-refractivity contribution >= 4 is 11.6 Å². The SMILES string of the molecule is C=C(/C=C(\C)C(C)=O)N=C(C)N1CCN(Cc2ccc3c(c2)OCO3)CC1. The third-order valence-corrected chi connectivity index (χ3v) is 4.92. The van der Waals surface area contributed by atoms with Gasteiger partial charge in [0.2, 0.25) is 6.79 Å². The van der Waals surface area contributed by atoms with Crippen LogP contribution in [0.4, 0.5) is 0 Å². The average Bonchev–Trinajstić information content (AvgIpc) is 3.09. The van der Waals surface area contributed by atoms with E-state index in [9.17, 15) is 4.79 Å². The van der Waals surface area contributed by atoms with Crippen molar-refractivity contribution in [2.75, 3.05) is 33.0 Å². The van der Waals surface area contributed by atoms with Crippen molar-refractivity contribution in [3.63, 3.8) is 0 Å². The molecule has 0 aromatic heterocycles. The van der Waals surface area contributed by atoms with Gasteiger partial charge in [0, 0.05) is 32.7 Å². The topological polar surface area (TPSA) is 54.4 Å². The molecule has 6 nitrogen and oxygen atoms in total. The van der Waals surface area contributed by atoms with Crippen LogP contribution in [0.25, 0.3) is 0 Å². The Morgan fingerprint density at radius 3 is 2.56 bits per heavy atom. The minimum atomic E-state index is 0.0427. The van der Waals surface area contributed by atoms with Crippen LogP contribution in [0.1, 0.15) is 26.3 Å². The Labute approximate surface area is 160 Å². The number of nitrogens with zero attached hydrogens (tertiary/aromatic N) is 3. The average molecular weight is 369 g/mol. The monoisotopic (exact) mass is 369 g/mol. The van der Waals surface area contributed by atoms with E-state index in [4.69, 9.17) is 9.47 Å². The lowest BCUT2D eigenvalue weighted by Crippen LogP contribution is -2.47. The first-order chi connectivity index (χ1) is 12.9. The van der Waals surface area contributed by atoms with E-state index in [1.165, 1.54) is 5.56 Å². The highest BCUT2D eigenvalue weighted by Crippen LogP contribution is 2.32. The van der Waals surface area contributed by atoms with Gasteiger partial charge in [-0.2, -0.15) is 0 Å². The van der Waals surface area contributed by atoms with Crippen molar-refractivity contribution in [3.8, 4) is 11.5 Å². The number of carbonyl (C=O) groups excluding carboxylic acids is 1. The Morgan fingerprint density at radius 1 is 1.15 bits per heavy atom. The number of aliphatic imine (C=N–C) groups is 1. The summed E-state index contributed by atoms with van der Waals surface area (Å²) in [5, 5.41) is 0. The van der Waals surface area contributed by atoms with Crippen molar-refractivity contribution in [2.24, 2.45) is 4.99 Å². The molecule has 144 valence electrons. The summed E-state index contributed by atoms with van der Waals surface area (Å²) >= 11 is 0. The van der Waals surface area contributed by atoms with Crippen LogP contribution in [-0.4, -0.2) is 54.4 Å². The number of hydrogen-bond donors (Lipinski definition) is 0. The van der Waals surface area contributed by atoms with Crippen LogP contribution in [0.3, 0.4) is 0 Å². The maximum Gasteiger partial charge on any atom is 0.231 e. The molecule has 3 rings (SSSR count). The Morgan fingerprint density at radius 2 is 1.85 bits per heavy atom. The van der Waals surface area contributed by atoms with Gasteiger partial charge in [0.15, 0.2) is 17.3 Å². The second-order valence-corrected chi connectivity index (χ2v) is 6.98. The maximum atomic E-state index is 11.3. The van der Waals surface area contributed by atoms with E-state index in [0.29, 0.717) is 18.1 Å². The zero-order valence-electron chi connectivity index (χ0n) is 16.3. The van der Waals surface area contributed by atoms with E-state index in [1.54, 1.807) is 19.9 Å². The molecule has 1 aromatic rings. The first-order valence-electron chi connectivity index (χ1n) is 9.21. The predicted molar refractivity (Wildman–Crippen MR) is 106 cm³/mol. The number of fused-ring (bicyclic) bond motifs is 1. The van der Waals surface area contributed by atoms with Crippen LogP contribution in [0.2, 0.25) is 0 Å². The molecule has 0 aliphatic carbocycles. The summed E-state index contributed by atoms with van der Waals surface area (Å²) in [6.45, 7) is 14.2. The molecule has 0 radical (unpaired) electrons. The van der Waals surface area contributed by atoms with E-state index < -0.39 is 0 Å².